The van der Waals surface area contributed by atoms with E-state index in [1.165, 1.54) is 0 Å². The third kappa shape index (κ3) is 6.19. The maximum atomic E-state index is 11.2. The van der Waals surface area contributed by atoms with Gasteiger partial charge in [-0.15, -0.1) is 23.5 Å². The number of hydrogen-bond acceptors (Lipinski definition) is 6. The van der Waals surface area contributed by atoms with Crippen molar-refractivity contribution in [3.05, 3.63) is 0 Å². The van der Waals surface area contributed by atoms with Gasteiger partial charge in [-0.3, -0.25) is 9.59 Å². The van der Waals surface area contributed by atoms with Crippen molar-refractivity contribution in [1.82, 2.24) is 0 Å². The predicted octanol–water partition coefficient (Wildman–Crippen LogP) is 0.658. The summed E-state index contributed by atoms with van der Waals surface area (Å²) in [4.78, 5) is 22.5. The molecule has 0 aliphatic heterocycles. The van der Waals surface area contributed by atoms with E-state index >= 15 is 0 Å². The lowest BCUT2D eigenvalue weighted by molar-refractivity contribution is -0.131. The molecule has 0 aliphatic rings. The molecule has 0 heterocycles. The van der Waals surface area contributed by atoms with E-state index in [0.29, 0.717) is 11.5 Å². The minimum absolute atomic E-state index is 0.400. The molecule has 88 valence electrons. The second-order valence-corrected chi connectivity index (χ2v) is 5.44. The highest BCUT2D eigenvalue weighted by Crippen LogP contribution is 2.14. The number of ketones is 2. The van der Waals surface area contributed by atoms with Crippen LogP contribution in [0.25, 0.3) is 0 Å². The largest absolute Gasteiger partial charge is 0.375 e. The third-order valence-electron chi connectivity index (χ3n) is 1.55. The lowest BCUT2D eigenvalue weighted by Gasteiger charge is -2.09. The van der Waals surface area contributed by atoms with E-state index in [1.807, 2.05) is 13.8 Å². The van der Waals surface area contributed by atoms with Gasteiger partial charge in [-0.05, 0) is 11.5 Å². The van der Waals surface area contributed by atoms with Crippen LogP contribution in [0.2, 0.25) is 0 Å². The zero-order chi connectivity index (χ0) is 11.8. The molecular weight excluding hydrogens is 236 g/mol. The van der Waals surface area contributed by atoms with E-state index in [9.17, 15) is 19.8 Å². The van der Waals surface area contributed by atoms with E-state index in [2.05, 4.69) is 0 Å². The van der Waals surface area contributed by atoms with Gasteiger partial charge >= 0.3 is 0 Å². The van der Waals surface area contributed by atoms with Gasteiger partial charge in [0.25, 0.3) is 0 Å². The lowest BCUT2D eigenvalue weighted by atomic mass is 10.2. The van der Waals surface area contributed by atoms with Gasteiger partial charge in [0.05, 0.1) is 6.42 Å². The number of rotatable bonds is 8. The molecule has 0 radical (unpaired) electrons. The zero-order valence-electron chi connectivity index (χ0n) is 8.80. The number of Topliss-reactive ketones (excluding diaryl/α,β-unsaturated/α-hetero) is 2. The summed E-state index contributed by atoms with van der Waals surface area (Å²) >= 11 is 2.14. The van der Waals surface area contributed by atoms with E-state index in [1.54, 1.807) is 0 Å². The number of aliphatic hydroxyl groups excluding tert-OH is 2. The molecule has 0 aromatic heterocycles. The fourth-order valence-electron chi connectivity index (χ4n) is 0.848. The molecule has 0 aliphatic carbocycles. The molecule has 6 heteroatoms. The molecule has 15 heavy (non-hydrogen) atoms. The van der Waals surface area contributed by atoms with Crippen molar-refractivity contribution in [3.8, 4) is 0 Å². The van der Waals surface area contributed by atoms with E-state index in [-0.39, 0.29) is 0 Å². The fraction of sp³-hybridized carbons (Fsp3) is 0.778. The Kier molecular flexibility index (Phi) is 8.13. The molecule has 0 aromatic carbocycles. The van der Waals surface area contributed by atoms with Crippen molar-refractivity contribution >= 4 is 35.1 Å². The van der Waals surface area contributed by atoms with E-state index in [0.717, 1.165) is 23.5 Å². The maximum Gasteiger partial charge on any atom is 0.179 e. The van der Waals surface area contributed by atoms with Crippen molar-refractivity contribution in [2.75, 3.05) is 11.5 Å². The van der Waals surface area contributed by atoms with Crippen LogP contribution in [0.5, 0.6) is 0 Å². The quantitative estimate of drug-likeness (QED) is 0.488. The van der Waals surface area contributed by atoms with Crippen LogP contribution in [-0.4, -0.2) is 44.2 Å². The maximum absolute atomic E-state index is 11.2. The monoisotopic (exact) mass is 252 g/mol. The second-order valence-electron chi connectivity index (χ2n) is 2.72. The molecule has 0 rings (SSSR count). The van der Waals surface area contributed by atoms with Gasteiger partial charge in [0.2, 0.25) is 0 Å². The molecule has 0 aromatic rings. The van der Waals surface area contributed by atoms with Crippen molar-refractivity contribution < 1.29 is 19.8 Å². The normalized spacial score (nSPS) is 14.7. The first-order chi connectivity index (χ1) is 7.02. The summed E-state index contributed by atoms with van der Waals surface area (Å²) in [5.41, 5.74) is -2.31. The summed E-state index contributed by atoms with van der Waals surface area (Å²) in [6.07, 6.45) is -0.400. The van der Waals surface area contributed by atoms with Crippen LogP contribution in [0.4, 0.5) is 0 Å². The first kappa shape index (κ1) is 15.0. The van der Waals surface area contributed by atoms with Crippen LogP contribution >= 0.6 is 23.5 Å². The molecule has 2 N–H and O–H groups in total. The number of carbonyl (C=O) groups excluding carboxylic acids is 2. The number of carbonyl (C=O) groups is 2. The standard InChI is InChI=1S/C9H16O4S2/c1-3-14-8(12)6(10)5-7(11)9(13)15-4-2/h8-9,12-13H,3-5H2,1-2H3. The molecule has 4 nitrogen and oxygen atoms in total. The molecule has 2 atom stereocenters. The summed E-state index contributed by atoms with van der Waals surface area (Å²) in [7, 11) is 0. The van der Waals surface area contributed by atoms with Crippen molar-refractivity contribution in [3.63, 3.8) is 0 Å². The smallest absolute Gasteiger partial charge is 0.179 e. The molecule has 0 saturated heterocycles. The lowest BCUT2D eigenvalue weighted by Crippen LogP contribution is -2.25. The Hall–Kier alpha value is -0.0400. The van der Waals surface area contributed by atoms with Gasteiger partial charge in [0, 0.05) is 0 Å². The van der Waals surface area contributed by atoms with Crippen molar-refractivity contribution in [2.24, 2.45) is 0 Å². The van der Waals surface area contributed by atoms with Gasteiger partial charge in [-0.2, -0.15) is 0 Å². The van der Waals surface area contributed by atoms with Crippen LogP contribution < -0.4 is 0 Å². The van der Waals surface area contributed by atoms with Crippen LogP contribution in [0.15, 0.2) is 0 Å². The number of hydrogen-bond donors (Lipinski definition) is 2. The molecule has 0 fully saturated rings. The Morgan fingerprint density at radius 1 is 1.00 bits per heavy atom. The second kappa shape index (κ2) is 8.15. The summed E-state index contributed by atoms with van der Waals surface area (Å²) in [6, 6.07) is 0. The van der Waals surface area contributed by atoms with Gasteiger partial charge in [-0.25, -0.2) is 0 Å². The Balaban J connectivity index is 4.00. The fourth-order valence-corrected chi connectivity index (χ4v) is 2.02. The molecule has 2 unspecified atom stereocenters. The number of aliphatic hydroxyl groups is 2. The summed E-state index contributed by atoms with van der Waals surface area (Å²) < 4.78 is 0. The molecule has 0 spiro atoms. The molecule has 0 bridgehead atoms. The first-order valence-corrected chi connectivity index (χ1v) is 6.77. The molecule has 0 amide bonds. The Bertz CT molecular complexity index is 198. The Morgan fingerprint density at radius 3 is 1.60 bits per heavy atom. The van der Waals surface area contributed by atoms with Gasteiger partial charge in [0.15, 0.2) is 22.4 Å². The van der Waals surface area contributed by atoms with Crippen LogP contribution in [0.3, 0.4) is 0 Å². The minimum Gasteiger partial charge on any atom is -0.375 e. The summed E-state index contributed by atoms with van der Waals surface area (Å²) in [5, 5.41) is 18.5. The van der Waals surface area contributed by atoms with Crippen LogP contribution in [-0.2, 0) is 9.59 Å². The minimum atomic E-state index is -1.15. The highest BCUT2D eigenvalue weighted by molar-refractivity contribution is 8.00. The van der Waals surface area contributed by atoms with Crippen LogP contribution in [0, 0.1) is 0 Å². The topological polar surface area (TPSA) is 74.6 Å². The summed E-state index contributed by atoms with van der Waals surface area (Å²) in [6.45, 7) is 3.62. The van der Waals surface area contributed by atoms with Crippen molar-refractivity contribution in [1.29, 1.82) is 0 Å². The predicted molar refractivity (Wildman–Crippen MR) is 62.9 cm³/mol. The highest BCUT2D eigenvalue weighted by atomic mass is 32.2. The Labute approximate surface area is 97.8 Å². The van der Waals surface area contributed by atoms with Crippen LogP contribution in [0.1, 0.15) is 20.3 Å². The molecular formula is C9H16O4S2. The number of thioether (sulfide) groups is 2. The van der Waals surface area contributed by atoms with Gasteiger partial charge in [-0.1, -0.05) is 13.8 Å². The highest BCUT2D eigenvalue weighted by Gasteiger charge is 2.22. The average molecular weight is 252 g/mol. The average Bonchev–Trinajstić information content (AvgIpc) is 2.18. The zero-order valence-corrected chi connectivity index (χ0v) is 10.4. The Morgan fingerprint density at radius 2 is 1.33 bits per heavy atom. The molecule has 0 saturated carbocycles. The van der Waals surface area contributed by atoms with Gasteiger partial charge in [0.1, 0.15) is 0 Å². The van der Waals surface area contributed by atoms with E-state index in [4.69, 9.17) is 0 Å². The first-order valence-electron chi connectivity index (χ1n) is 4.67. The SMILES string of the molecule is CCSC(O)C(=O)CC(=O)C(O)SCC. The van der Waals surface area contributed by atoms with E-state index < -0.39 is 28.9 Å². The van der Waals surface area contributed by atoms with Crippen molar-refractivity contribution in [2.45, 2.75) is 31.1 Å². The van der Waals surface area contributed by atoms with Gasteiger partial charge < -0.3 is 10.2 Å². The third-order valence-corrected chi connectivity index (χ3v) is 3.37. The summed E-state index contributed by atoms with van der Waals surface area (Å²) in [5.74, 6) is 0.131.